The summed E-state index contributed by atoms with van der Waals surface area (Å²) in [5.41, 5.74) is 1.12. The van der Waals surface area contributed by atoms with Gasteiger partial charge in [-0.1, -0.05) is 25.1 Å². The van der Waals surface area contributed by atoms with E-state index in [4.69, 9.17) is 4.74 Å². The topological polar surface area (TPSA) is 118 Å². The number of likely N-dealkylation sites (N-methyl/N-ethyl adjacent to an activating group) is 1. The number of carbonyl (C=O) groups excluding carboxylic acids is 2. The Labute approximate surface area is 160 Å². The molecule has 2 heterocycles. The molecule has 0 radical (unpaired) electrons. The summed E-state index contributed by atoms with van der Waals surface area (Å²) >= 11 is 0. The number of carbonyl (C=O) groups is 2. The van der Waals surface area contributed by atoms with E-state index in [1.807, 2.05) is 19.1 Å². The highest BCUT2D eigenvalue weighted by molar-refractivity contribution is 5.94. The summed E-state index contributed by atoms with van der Waals surface area (Å²) < 4.78 is 6.88. The van der Waals surface area contributed by atoms with E-state index in [0.717, 1.165) is 5.56 Å². The maximum atomic E-state index is 12.7. The molecule has 2 aromatic heterocycles. The molecule has 1 atom stereocenters. The lowest BCUT2D eigenvalue weighted by molar-refractivity contribution is -0.122. The van der Waals surface area contributed by atoms with Gasteiger partial charge in [0.15, 0.2) is 12.3 Å². The molecule has 0 fully saturated rings. The van der Waals surface area contributed by atoms with Gasteiger partial charge in [0, 0.05) is 18.8 Å². The van der Waals surface area contributed by atoms with E-state index in [1.54, 1.807) is 24.3 Å². The van der Waals surface area contributed by atoms with Crippen molar-refractivity contribution in [2.24, 2.45) is 0 Å². The molecule has 0 aliphatic carbocycles. The van der Waals surface area contributed by atoms with Crippen LogP contribution in [0.15, 0.2) is 47.4 Å². The lowest BCUT2D eigenvalue weighted by atomic mass is 10.0. The van der Waals surface area contributed by atoms with Crippen molar-refractivity contribution >= 4 is 17.5 Å². The lowest BCUT2D eigenvalue weighted by Gasteiger charge is -2.20. The monoisotopic (exact) mass is 383 g/mol. The van der Waals surface area contributed by atoms with Crippen LogP contribution in [-0.2, 0) is 4.79 Å². The summed E-state index contributed by atoms with van der Waals surface area (Å²) in [4.78, 5) is 35.9. The van der Waals surface area contributed by atoms with E-state index in [0.29, 0.717) is 23.4 Å². The maximum Gasteiger partial charge on any atom is 0.347 e. The number of nitrogens with one attached hydrogen (secondary N) is 3. The molecule has 0 bridgehead atoms. The Morgan fingerprint density at radius 2 is 2.04 bits per heavy atom. The number of hydrogen-bond acceptors (Lipinski definition) is 5. The first-order valence-corrected chi connectivity index (χ1v) is 8.83. The molecule has 9 nitrogen and oxygen atoms in total. The summed E-state index contributed by atoms with van der Waals surface area (Å²) in [7, 11) is 1.54. The predicted molar refractivity (Wildman–Crippen MR) is 102 cm³/mol. The molecule has 0 saturated heterocycles. The van der Waals surface area contributed by atoms with Gasteiger partial charge in [0.25, 0.3) is 11.8 Å². The zero-order valence-electron chi connectivity index (χ0n) is 15.6. The number of fused-ring (bicyclic) bond motifs is 1. The molecule has 146 valence electrons. The third kappa shape index (κ3) is 4.03. The van der Waals surface area contributed by atoms with Crippen LogP contribution in [0.5, 0.6) is 5.75 Å². The van der Waals surface area contributed by atoms with E-state index in [-0.39, 0.29) is 24.5 Å². The molecule has 3 rings (SSSR count). The van der Waals surface area contributed by atoms with Crippen molar-refractivity contribution in [3.8, 4) is 5.75 Å². The Hall–Kier alpha value is -3.62. The number of pyridine rings is 1. The van der Waals surface area contributed by atoms with Crippen LogP contribution >= 0.6 is 0 Å². The number of para-hydroxylation sites is 1. The summed E-state index contributed by atoms with van der Waals surface area (Å²) in [6, 6.07) is 10.1. The minimum Gasteiger partial charge on any atom is -0.483 e. The van der Waals surface area contributed by atoms with Crippen LogP contribution in [-0.4, -0.2) is 40.1 Å². The van der Waals surface area contributed by atoms with Crippen LogP contribution in [0.3, 0.4) is 0 Å². The van der Waals surface area contributed by atoms with Gasteiger partial charge in [0.05, 0.1) is 11.6 Å². The molecule has 9 heteroatoms. The zero-order chi connectivity index (χ0) is 20.1. The maximum absolute atomic E-state index is 12.7. The highest BCUT2D eigenvalue weighted by Gasteiger charge is 2.19. The minimum absolute atomic E-state index is 0.113. The van der Waals surface area contributed by atoms with E-state index >= 15 is 0 Å². The van der Waals surface area contributed by atoms with E-state index in [1.165, 1.54) is 17.6 Å². The number of ether oxygens (including phenoxy) is 1. The minimum atomic E-state index is -0.412. The van der Waals surface area contributed by atoms with Gasteiger partial charge in [0.2, 0.25) is 0 Å². The number of nitrogens with zero attached hydrogens (tertiary/aromatic N) is 2. The van der Waals surface area contributed by atoms with Gasteiger partial charge in [-0.15, -0.1) is 0 Å². The van der Waals surface area contributed by atoms with Crippen molar-refractivity contribution in [1.29, 1.82) is 0 Å². The van der Waals surface area contributed by atoms with Gasteiger partial charge in [-0.2, -0.15) is 5.10 Å². The number of amides is 2. The van der Waals surface area contributed by atoms with E-state index in [2.05, 4.69) is 20.8 Å². The first kappa shape index (κ1) is 19.2. The van der Waals surface area contributed by atoms with Crippen molar-refractivity contribution in [3.05, 3.63) is 64.2 Å². The van der Waals surface area contributed by atoms with Crippen LogP contribution in [0.4, 0.5) is 0 Å². The summed E-state index contributed by atoms with van der Waals surface area (Å²) in [5.74, 6) is -0.0477. The average Bonchev–Trinajstić information content (AvgIpc) is 3.10. The number of hydrogen-bond donors (Lipinski definition) is 3. The standard InChI is InChI=1S/C19H21N5O4/c1-3-14(13-6-4-5-7-15(13)28-11-17(25)20-2)21-18(26)12-8-9-16-22-23-19(27)24(16)10-12/h4-10,14H,3,11H2,1-2H3,(H,20,25)(H,21,26)(H,23,27). The second-order valence-electron chi connectivity index (χ2n) is 6.11. The van der Waals surface area contributed by atoms with E-state index < -0.39 is 5.69 Å². The quantitative estimate of drug-likeness (QED) is 0.563. The molecule has 3 N–H and O–H groups in total. The molecular formula is C19H21N5O4. The summed E-state index contributed by atoms with van der Waals surface area (Å²) in [6.45, 7) is 1.82. The number of rotatable bonds is 7. The average molecular weight is 383 g/mol. The molecule has 0 saturated carbocycles. The Morgan fingerprint density at radius 1 is 1.25 bits per heavy atom. The highest BCUT2D eigenvalue weighted by atomic mass is 16.5. The SMILES string of the molecule is CCC(NC(=O)c1ccc2n[nH]c(=O)n2c1)c1ccccc1OCC(=O)NC. The van der Waals surface area contributed by atoms with Crippen molar-refractivity contribution in [2.75, 3.05) is 13.7 Å². The second kappa shape index (κ2) is 8.38. The Balaban J connectivity index is 1.81. The summed E-state index contributed by atoms with van der Waals surface area (Å²) in [5, 5.41) is 11.6. The Morgan fingerprint density at radius 3 is 2.79 bits per heavy atom. The Kier molecular flexibility index (Phi) is 5.73. The first-order chi connectivity index (χ1) is 13.5. The third-order valence-corrected chi connectivity index (χ3v) is 4.32. The normalized spacial score (nSPS) is 11.8. The largest absolute Gasteiger partial charge is 0.483 e. The second-order valence-corrected chi connectivity index (χ2v) is 6.11. The molecule has 0 aliphatic rings. The van der Waals surface area contributed by atoms with Gasteiger partial charge in [0.1, 0.15) is 5.75 Å². The molecule has 1 aromatic carbocycles. The summed E-state index contributed by atoms with van der Waals surface area (Å²) in [6.07, 6.45) is 2.05. The number of H-pyrrole nitrogens is 1. The van der Waals surface area contributed by atoms with Gasteiger partial charge >= 0.3 is 5.69 Å². The zero-order valence-corrected chi connectivity index (χ0v) is 15.6. The highest BCUT2D eigenvalue weighted by Crippen LogP contribution is 2.27. The van der Waals surface area contributed by atoms with Crippen molar-refractivity contribution in [3.63, 3.8) is 0 Å². The van der Waals surface area contributed by atoms with Gasteiger partial charge in [-0.05, 0) is 24.6 Å². The van der Waals surface area contributed by atoms with Crippen LogP contribution < -0.4 is 21.1 Å². The van der Waals surface area contributed by atoms with Crippen molar-refractivity contribution in [1.82, 2.24) is 25.2 Å². The van der Waals surface area contributed by atoms with Crippen molar-refractivity contribution < 1.29 is 14.3 Å². The lowest BCUT2D eigenvalue weighted by Crippen LogP contribution is -2.29. The fourth-order valence-corrected chi connectivity index (χ4v) is 2.80. The molecule has 2 amide bonds. The fourth-order valence-electron chi connectivity index (χ4n) is 2.80. The van der Waals surface area contributed by atoms with Gasteiger partial charge in [-0.3, -0.25) is 9.59 Å². The van der Waals surface area contributed by atoms with Gasteiger partial charge < -0.3 is 15.4 Å². The van der Waals surface area contributed by atoms with Crippen LogP contribution in [0, 0.1) is 0 Å². The van der Waals surface area contributed by atoms with Crippen LogP contribution in [0.1, 0.15) is 35.3 Å². The third-order valence-electron chi connectivity index (χ3n) is 4.32. The smallest absolute Gasteiger partial charge is 0.347 e. The number of aromatic nitrogens is 3. The predicted octanol–water partition coefficient (Wildman–Crippen LogP) is 1.03. The fraction of sp³-hybridized carbons (Fsp3) is 0.263. The first-order valence-electron chi connectivity index (χ1n) is 8.83. The Bertz CT molecular complexity index is 1060. The number of benzene rings is 1. The van der Waals surface area contributed by atoms with Crippen LogP contribution in [0.2, 0.25) is 0 Å². The number of aromatic amines is 1. The molecule has 0 spiro atoms. The molecule has 28 heavy (non-hydrogen) atoms. The van der Waals surface area contributed by atoms with Crippen molar-refractivity contribution in [2.45, 2.75) is 19.4 Å². The van der Waals surface area contributed by atoms with E-state index in [9.17, 15) is 14.4 Å². The molecule has 3 aromatic rings. The molecule has 0 aliphatic heterocycles. The molecule has 1 unspecified atom stereocenters. The van der Waals surface area contributed by atoms with Gasteiger partial charge in [-0.25, -0.2) is 14.3 Å². The molecular weight excluding hydrogens is 362 g/mol. The van der Waals surface area contributed by atoms with Crippen LogP contribution in [0.25, 0.3) is 5.65 Å².